The monoisotopic (exact) mass is 425 g/mol. The van der Waals surface area contributed by atoms with Crippen molar-refractivity contribution in [3.05, 3.63) is 60.2 Å². The van der Waals surface area contributed by atoms with Gasteiger partial charge in [0, 0.05) is 18.7 Å². The Morgan fingerprint density at radius 3 is 2.47 bits per heavy atom. The lowest BCUT2D eigenvalue weighted by atomic mass is 9.64. The first-order valence-electron chi connectivity index (χ1n) is 10.5. The molecule has 0 unspecified atom stereocenters. The van der Waals surface area contributed by atoms with Crippen LogP contribution in [-0.4, -0.2) is 26.7 Å². The van der Waals surface area contributed by atoms with Gasteiger partial charge in [-0.3, -0.25) is 14.5 Å². The van der Waals surface area contributed by atoms with Crippen LogP contribution in [0.25, 0.3) is 0 Å². The Morgan fingerprint density at radius 2 is 1.73 bits per heavy atom. The van der Waals surface area contributed by atoms with E-state index in [1.165, 1.54) is 12.1 Å². The highest BCUT2D eigenvalue weighted by molar-refractivity contribution is 7.90. The first kappa shape index (κ1) is 20.6. The molecule has 0 spiro atoms. The van der Waals surface area contributed by atoms with Gasteiger partial charge in [-0.1, -0.05) is 49.2 Å². The van der Waals surface area contributed by atoms with E-state index in [2.05, 4.69) is 15.0 Å². The minimum absolute atomic E-state index is 0.0874. The fourth-order valence-electron chi connectivity index (χ4n) is 4.10. The van der Waals surface area contributed by atoms with Crippen LogP contribution < -0.4 is 10.0 Å². The predicted octanol–water partition coefficient (Wildman–Crippen LogP) is 4.00. The molecule has 1 fully saturated rings. The molecule has 0 atom stereocenters. The number of aliphatic imine (C=N–C) groups is 1. The summed E-state index contributed by atoms with van der Waals surface area (Å²) in [5.41, 5.74) is 0.946. The highest BCUT2D eigenvalue weighted by Crippen LogP contribution is 2.44. The second-order valence-corrected chi connectivity index (χ2v) is 9.71. The summed E-state index contributed by atoms with van der Waals surface area (Å²) in [7, 11) is -3.75. The third-order valence-electron chi connectivity index (χ3n) is 6.00. The average Bonchev–Trinajstić information content (AvgIpc) is 2.96. The molecule has 1 heterocycles. The normalized spacial score (nSPS) is 18.5. The number of carbonyl (C=O) groups excluding carboxylic acids is 1. The highest BCUT2D eigenvalue weighted by Gasteiger charge is 2.45. The summed E-state index contributed by atoms with van der Waals surface area (Å²) in [4.78, 5) is 17.6. The average molecular weight is 426 g/mol. The SMILES string of the molecule is O=C(Nc1cccc(S(=O)(=O)NC2=NCCCCC2)c1)C1(c2ccccc2)CCC1. The summed E-state index contributed by atoms with van der Waals surface area (Å²) in [6, 6.07) is 16.2. The Hall–Kier alpha value is -2.67. The van der Waals surface area contributed by atoms with Crippen LogP contribution >= 0.6 is 0 Å². The Balaban J connectivity index is 1.52. The van der Waals surface area contributed by atoms with Gasteiger partial charge in [0.25, 0.3) is 10.0 Å². The van der Waals surface area contributed by atoms with E-state index in [9.17, 15) is 13.2 Å². The van der Waals surface area contributed by atoms with Crippen LogP contribution in [0.15, 0.2) is 64.5 Å². The quantitative estimate of drug-likeness (QED) is 0.759. The summed E-state index contributed by atoms with van der Waals surface area (Å²) in [5.74, 6) is 0.426. The molecule has 2 N–H and O–H groups in total. The molecule has 0 aromatic heterocycles. The fraction of sp³-hybridized carbons (Fsp3) is 0.391. The van der Waals surface area contributed by atoms with E-state index in [-0.39, 0.29) is 10.8 Å². The fourth-order valence-corrected chi connectivity index (χ4v) is 5.23. The minimum Gasteiger partial charge on any atom is -0.325 e. The third-order valence-corrected chi connectivity index (χ3v) is 7.38. The van der Waals surface area contributed by atoms with Crippen molar-refractivity contribution >= 4 is 27.5 Å². The second-order valence-electron chi connectivity index (χ2n) is 8.03. The van der Waals surface area contributed by atoms with Gasteiger partial charge in [-0.2, -0.15) is 0 Å². The Labute approximate surface area is 177 Å². The summed E-state index contributed by atoms with van der Waals surface area (Å²) in [6.07, 6.45) is 6.19. The van der Waals surface area contributed by atoms with Crippen molar-refractivity contribution in [3.8, 4) is 0 Å². The Morgan fingerprint density at radius 1 is 0.933 bits per heavy atom. The first-order valence-corrected chi connectivity index (χ1v) is 12.0. The van der Waals surface area contributed by atoms with E-state index in [0.717, 1.165) is 44.1 Å². The van der Waals surface area contributed by atoms with Crippen LogP contribution in [0.3, 0.4) is 0 Å². The molecule has 1 saturated carbocycles. The van der Waals surface area contributed by atoms with Gasteiger partial charge >= 0.3 is 0 Å². The molecule has 2 aromatic rings. The zero-order chi connectivity index (χ0) is 21.0. The van der Waals surface area contributed by atoms with Gasteiger partial charge in [-0.25, -0.2) is 8.42 Å². The van der Waals surface area contributed by atoms with Crippen molar-refractivity contribution in [1.82, 2.24) is 4.72 Å². The van der Waals surface area contributed by atoms with Gasteiger partial charge in [-0.05, 0) is 49.4 Å². The number of rotatable bonds is 5. The zero-order valence-electron chi connectivity index (χ0n) is 16.9. The van der Waals surface area contributed by atoms with Crippen LogP contribution in [0.1, 0.15) is 50.5 Å². The number of nitrogens with one attached hydrogen (secondary N) is 2. The van der Waals surface area contributed by atoms with Crippen molar-refractivity contribution in [2.24, 2.45) is 4.99 Å². The Kier molecular flexibility index (Phi) is 5.90. The molecule has 1 aliphatic carbocycles. The molecular formula is C23H27N3O3S. The number of sulfonamides is 1. The van der Waals surface area contributed by atoms with E-state index < -0.39 is 15.4 Å². The molecule has 0 bridgehead atoms. The summed E-state index contributed by atoms with van der Waals surface area (Å²) in [6.45, 7) is 0.648. The number of amides is 1. The maximum Gasteiger partial charge on any atom is 0.262 e. The number of carbonyl (C=O) groups is 1. The van der Waals surface area contributed by atoms with Crippen molar-refractivity contribution in [2.45, 2.75) is 55.3 Å². The largest absolute Gasteiger partial charge is 0.325 e. The molecule has 7 heteroatoms. The zero-order valence-corrected chi connectivity index (χ0v) is 17.7. The summed E-state index contributed by atoms with van der Waals surface area (Å²) >= 11 is 0. The summed E-state index contributed by atoms with van der Waals surface area (Å²) in [5, 5.41) is 2.95. The first-order chi connectivity index (χ1) is 14.5. The van der Waals surface area contributed by atoms with Gasteiger partial charge in [-0.15, -0.1) is 0 Å². The lowest BCUT2D eigenvalue weighted by Crippen LogP contribution is -2.46. The molecule has 1 aliphatic heterocycles. The number of amidine groups is 1. The number of hydrogen-bond donors (Lipinski definition) is 2. The molecule has 30 heavy (non-hydrogen) atoms. The van der Waals surface area contributed by atoms with E-state index in [0.29, 0.717) is 24.5 Å². The van der Waals surface area contributed by atoms with Gasteiger partial charge in [0.1, 0.15) is 5.84 Å². The maximum absolute atomic E-state index is 13.1. The molecule has 158 valence electrons. The van der Waals surface area contributed by atoms with Gasteiger partial charge in [0.2, 0.25) is 5.91 Å². The van der Waals surface area contributed by atoms with Crippen LogP contribution in [0.5, 0.6) is 0 Å². The number of benzene rings is 2. The van der Waals surface area contributed by atoms with E-state index >= 15 is 0 Å². The molecule has 0 radical (unpaired) electrons. The molecule has 0 saturated heterocycles. The minimum atomic E-state index is -3.75. The van der Waals surface area contributed by atoms with Crippen molar-refractivity contribution in [1.29, 1.82) is 0 Å². The number of anilines is 1. The van der Waals surface area contributed by atoms with Crippen molar-refractivity contribution in [2.75, 3.05) is 11.9 Å². The lowest BCUT2D eigenvalue weighted by Gasteiger charge is -2.40. The molecule has 2 aliphatic rings. The van der Waals surface area contributed by atoms with Crippen LogP contribution in [-0.2, 0) is 20.2 Å². The third kappa shape index (κ3) is 4.26. The highest BCUT2D eigenvalue weighted by atomic mass is 32.2. The summed E-state index contributed by atoms with van der Waals surface area (Å²) < 4.78 is 28.3. The van der Waals surface area contributed by atoms with E-state index in [1.54, 1.807) is 12.1 Å². The topological polar surface area (TPSA) is 87.6 Å². The van der Waals surface area contributed by atoms with Gasteiger partial charge in [0.15, 0.2) is 0 Å². The predicted molar refractivity (Wildman–Crippen MR) is 118 cm³/mol. The smallest absolute Gasteiger partial charge is 0.262 e. The number of nitrogens with zero attached hydrogens (tertiary/aromatic N) is 1. The molecule has 2 aromatic carbocycles. The van der Waals surface area contributed by atoms with Gasteiger partial charge in [0.05, 0.1) is 10.3 Å². The second kappa shape index (κ2) is 8.60. The molecule has 4 rings (SSSR count). The molecular weight excluding hydrogens is 398 g/mol. The van der Waals surface area contributed by atoms with Crippen molar-refractivity contribution in [3.63, 3.8) is 0 Å². The molecule has 6 nitrogen and oxygen atoms in total. The lowest BCUT2D eigenvalue weighted by molar-refractivity contribution is -0.124. The molecule has 1 amide bonds. The Bertz CT molecular complexity index is 1040. The van der Waals surface area contributed by atoms with E-state index in [1.807, 2.05) is 30.3 Å². The standard InChI is InChI=1S/C23H27N3O3S/c27-22(23(14-8-15-23)18-9-3-1-4-10-18)25-19-11-7-12-20(17-19)30(28,29)26-21-13-5-2-6-16-24-21/h1,3-4,7,9-12,17H,2,5-6,8,13-16H2,(H,24,26)(H,25,27). The van der Waals surface area contributed by atoms with E-state index in [4.69, 9.17) is 0 Å². The number of hydrogen-bond acceptors (Lipinski definition) is 4. The van der Waals surface area contributed by atoms with Crippen molar-refractivity contribution < 1.29 is 13.2 Å². The van der Waals surface area contributed by atoms with Crippen LogP contribution in [0, 0.1) is 0 Å². The van der Waals surface area contributed by atoms with Gasteiger partial charge < -0.3 is 5.32 Å². The maximum atomic E-state index is 13.1. The van der Waals surface area contributed by atoms with Crippen LogP contribution in [0.2, 0.25) is 0 Å². The van der Waals surface area contributed by atoms with Crippen LogP contribution in [0.4, 0.5) is 5.69 Å².